The predicted molar refractivity (Wildman–Crippen MR) is 71.6 cm³/mol. The van der Waals surface area contributed by atoms with Gasteiger partial charge in [0.15, 0.2) is 5.69 Å². The lowest BCUT2D eigenvalue weighted by molar-refractivity contribution is 0.0950. The Morgan fingerprint density at radius 3 is 3.05 bits per heavy atom. The van der Waals surface area contributed by atoms with Crippen LogP contribution in [0.2, 0.25) is 0 Å². The number of carbonyl (C=O) groups is 1. The first-order valence-electron chi connectivity index (χ1n) is 5.72. The van der Waals surface area contributed by atoms with Crippen molar-refractivity contribution in [2.45, 2.75) is 13.8 Å². The normalized spacial score (nSPS) is 12.0. The number of aryl methyl sites for hydroxylation is 1. The molecule has 0 unspecified atom stereocenters. The van der Waals surface area contributed by atoms with Crippen molar-refractivity contribution in [3.8, 4) is 0 Å². The van der Waals surface area contributed by atoms with Gasteiger partial charge in [-0.3, -0.25) is 9.89 Å². The van der Waals surface area contributed by atoms with Crippen LogP contribution in [0.3, 0.4) is 0 Å². The van der Waals surface area contributed by atoms with E-state index in [-0.39, 0.29) is 5.91 Å². The molecule has 2 aromatic heterocycles. The van der Waals surface area contributed by atoms with Crippen LogP contribution in [-0.4, -0.2) is 22.3 Å². The van der Waals surface area contributed by atoms with Crippen LogP contribution in [0.1, 0.15) is 28.9 Å². The Hall–Kier alpha value is -2.63. The maximum absolute atomic E-state index is 11.6. The number of nitrogens with one attached hydrogen (secondary N) is 2. The molecule has 2 aromatic rings. The topological polar surface area (TPSA) is 83.3 Å². The molecule has 0 spiro atoms. The summed E-state index contributed by atoms with van der Waals surface area (Å²) in [6.45, 7) is 3.68. The Morgan fingerprint density at radius 1 is 1.58 bits per heavy atom. The van der Waals surface area contributed by atoms with Crippen molar-refractivity contribution in [1.82, 2.24) is 15.6 Å². The molecule has 2 rings (SSSR count). The largest absolute Gasteiger partial charge is 0.465 e. The third-order valence-corrected chi connectivity index (χ3v) is 2.29. The molecule has 0 radical (unpaired) electrons. The van der Waals surface area contributed by atoms with E-state index in [1.165, 1.54) is 0 Å². The SMILES string of the molecule is CC(/C=N\NC(=O)c1cc(C)[nH]n1)=C/c1ccco1. The van der Waals surface area contributed by atoms with E-state index in [0.29, 0.717) is 5.69 Å². The zero-order valence-electron chi connectivity index (χ0n) is 10.7. The molecular formula is C13H14N4O2. The quantitative estimate of drug-likeness (QED) is 0.651. The van der Waals surface area contributed by atoms with Gasteiger partial charge in [0.05, 0.1) is 12.5 Å². The van der Waals surface area contributed by atoms with Gasteiger partial charge >= 0.3 is 0 Å². The van der Waals surface area contributed by atoms with Gasteiger partial charge in [-0.2, -0.15) is 10.2 Å². The standard InChI is InChI=1S/C13H14N4O2/c1-9(6-11-4-3-5-19-11)8-14-17-13(18)12-7-10(2)15-16-12/h3-8H,1-2H3,(H,15,16)(H,17,18)/b9-6-,14-8-. The van der Waals surface area contributed by atoms with Gasteiger partial charge in [0, 0.05) is 5.69 Å². The summed E-state index contributed by atoms with van der Waals surface area (Å²) in [6, 6.07) is 5.29. The molecule has 0 atom stereocenters. The monoisotopic (exact) mass is 258 g/mol. The number of nitrogens with zero attached hydrogens (tertiary/aromatic N) is 2. The number of aromatic amines is 1. The van der Waals surface area contributed by atoms with Crippen molar-refractivity contribution in [3.05, 3.63) is 47.2 Å². The lowest BCUT2D eigenvalue weighted by atomic mass is 10.3. The van der Waals surface area contributed by atoms with E-state index >= 15 is 0 Å². The number of H-pyrrole nitrogens is 1. The summed E-state index contributed by atoms with van der Waals surface area (Å²) >= 11 is 0. The maximum Gasteiger partial charge on any atom is 0.291 e. The van der Waals surface area contributed by atoms with E-state index in [1.54, 1.807) is 24.6 Å². The van der Waals surface area contributed by atoms with E-state index in [4.69, 9.17) is 4.42 Å². The smallest absolute Gasteiger partial charge is 0.291 e. The zero-order chi connectivity index (χ0) is 13.7. The number of hydrogen-bond donors (Lipinski definition) is 2. The van der Waals surface area contributed by atoms with E-state index in [1.807, 2.05) is 26.0 Å². The number of hydrogen-bond acceptors (Lipinski definition) is 4. The fourth-order valence-corrected chi connectivity index (χ4v) is 1.42. The molecular weight excluding hydrogens is 244 g/mol. The van der Waals surface area contributed by atoms with Crippen LogP contribution in [0.5, 0.6) is 0 Å². The molecule has 0 fully saturated rings. The highest BCUT2D eigenvalue weighted by molar-refractivity contribution is 5.93. The number of hydrazone groups is 1. The molecule has 0 bridgehead atoms. The van der Waals surface area contributed by atoms with Crippen molar-refractivity contribution in [1.29, 1.82) is 0 Å². The highest BCUT2D eigenvalue weighted by atomic mass is 16.3. The molecule has 0 aliphatic rings. The Balaban J connectivity index is 1.91. The molecule has 98 valence electrons. The van der Waals surface area contributed by atoms with Gasteiger partial charge in [-0.15, -0.1) is 0 Å². The minimum absolute atomic E-state index is 0.308. The van der Waals surface area contributed by atoms with Gasteiger partial charge < -0.3 is 4.42 Å². The Labute approximate surface area is 110 Å². The molecule has 0 aliphatic heterocycles. The average Bonchev–Trinajstić information content (AvgIpc) is 3.00. The van der Waals surface area contributed by atoms with E-state index in [0.717, 1.165) is 17.0 Å². The van der Waals surface area contributed by atoms with Gasteiger partial charge in [0.1, 0.15) is 5.76 Å². The summed E-state index contributed by atoms with van der Waals surface area (Å²) in [6.07, 6.45) is 4.95. The molecule has 2 heterocycles. The molecule has 19 heavy (non-hydrogen) atoms. The van der Waals surface area contributed by atoms with Crippen LogP contribution in [0.15, 0.2) is 39.6 Å². The number of allylic oxidation sites excluding steroid dienone is 1. The molecule has 6 heteroatoms. The zero-order valence-corrected chi connectivity index (χ0v) is 10.7. The first kappa shape index (κ1) is 12.8. The third kappa shape index (κ3) is 3.67. The second-order valence-electron chi connectivity index (χ2n) is 4.04. The second-order valence-corrected chi connectivity index (χ2v) is 4.04. The van der Waals surface area contributed by atoms with Gasteiger partial charge in [-0.1, -0.05) is 0 Å². The van der Waals surface area contributed by atoms with Crippen LogP contribution < -0.4 is 5.43 Å². The van der Waals surface area contributed by atoms with Crippen LogP contribution in [-0.2, 0) is 0 Å². The van der Waals surface area contributed by atoms with Gasteiger partial charge in [-0.25, -0.2) is 5.43 Å². The molecule has 0 saturated carbocycles. The van der Waals surface area contributed by atoms with Crippen molar-refractivity contribution in [2.75, 3.05) is 0 Å². The van der Waals surface area contributed by atoms with E-state index in [9.17, 15) is 4.79 Å². The number of aromatic nitrogens is 2. The molecule has 0 aliphatic carbocycles. The third-order valence-electron chi connectivity index (χ3n) is 2.29. The van der Waals surface area contributed by atoms with Crippen molar-refractivity contribution in [2.24, 2.45) is 5.10 Å². The number of amides is 1. The van der Waals surface area contributed by atoms with Crippen LogP contribution >= 0.6 is 0 Å². The summed E-state index contributed by atoms with van der Waals surface area (Å²) in [7, 11) is 0. The summed E-state index contributed by atoms with van der Waals surface area (Å²) < 4.78 is 5.16. The van der Waals surface area contributed by atoms with Crippen LogP contribution in [0.25, 0.3) is 6.08 Å². The molecule has 0 aromatic carbocycles. The summed E-state index contributed by atoms with van der Waals surface area (Å²) in [5, 5.41) is 10.4. The van der Waals surface area contributed by atoms with Crippen LogP contribution in [0.4, 0.5) is 0 Å². The van der Waals surface area contributed by atoms with Gasteiger partial charge in [0.2, 0.25) is 0 Å². The van der Waals surface area contributed by atoms with E-state index in [2.05, 4.69) is 20.7 Å². The number of rotatable bonds is 4. The minimum atomic E-state index is -0.355. The molecule has 6 nitrogen and oxygen atoms in total. The number of furan rings is 1. The maximum atomic E-state index is 11.6. The van der Waals surface area contributed by atoms with Crippen molar-refractivity contribution in [3.63, 3.8) is 0 Å². The van der Waals surface area contributed by atoms with Crippen LogP contribution in [0, 0.1) is 6.92 Å². The minimum Gasteiger partial charge on any atom is -0.465 e. The number of carbonyl (C=O) groups excluding carboxylic acids is 1. The van der Waals surface area contributed by atoms with Gasteiger partial charge in [-0.05, 0) is 43.7 Å². The average molecular weight is 258 g/mol. The van der Waals surface area contributed by atoms with Crippen molar-refractivity contribution < 1.29 is 9.21 Å². The summed E-state index contributed by atoms with van der Waals surface area (Å²) in [4.78, 5) is 11.6. The fraction of sp³-hybridized carbons (Fsp3) is 0.154. The molecule has 2 N–H and O–H groups in total. The first-order valence-corrected chi connectivity index (χ1v) is 5.72. The summed E-state index contributed by atoms with van der Waals surface area (Å²) in [5.74, 6) is 0.379. The molecule has 0 saturated heterocycles. The van der Waals surface area contributed by atoms with Crippen molar-refractivity contribution >= 4 is 18.2 Å². The highest BCUT2D eigenvalue weighted by Gasteiger charge is 2.07. The molecule has 1 amide bonds. The van der Waals surface area contributed by atoms with Gasteiger partial charge in [0.25, 0.3) is 5.91 Å². The highest BCUT2D eigenvalue weighted by Crippen LogP contribution is 2.05. The Bertz CT molecular complexity index is 608. The first-order chi connectivity index (χ1) is 9.15. The lowest BCUT2D eigenvalue weighted by Crippen LogP contribution is -2.17. The second kappa shape index (κ2) is 5.81. The Kier molecular flexibility index (Phi) is 3.92. The summed E-state index contributed by atoms with van der Waals surface area (Å²) in [5.41, 5.74) is 4.38. The predicted octanol–water partition coefficient (Wildman–Crippen LogP) is 2.13. The fourth-order valence-electron chi connectivity index (χ4n) is 1.42. The van der Waals surface area contributed by atoms with E-state index < -0.39 is 0 Å². The lowest BCUT2D eigenvalue weighted by Gasteiger charge is -1.94. The Morgan fingerprint density at radius 2 is 2.42 bits per heavy atom.